The van der Waals surface area contributed by atoms with Crippen molar-refractivity contribution in [3.8, 4) is 11.4 Å². The standard InChI is InChI=1S/C20H28N4O4S2/c1-14-21-19(23-28-14)16-11-18(29-13-16)30(26,27)24-10-6-7-15(12-24)20(25)22-17-8-4-2-3-5-9-17/h11,13,15,17H,2-10,12H2,1H3,(H,22,25). The Hall–Kier alpha value is -1.78. The highest BCUT2D eigenvalue weighted by Gasteiger charge is 2.35. The van der Waals surface area contributed by atoms with Crippen molar-refractivity contribution in [2.24, 2.45) is 5.92 Å². The van der Waals surface area contributed by atoms with E-state index in [1.165, 1.54) is 17.1 Å². The van der Waals surface area contributed by atoms with Crippen molar-refractivity contribution in [2.45, 2.75) is 68.5 Å². The van der Waals surface area contributed by atoms with Crippen LogP contribution in [-0.4, -0.2) is 47.9 Å². The molecular formula is C20H28N4O4S2. The summed E-state index contributed by atoms with van der Waals surface area (Å²) in [5.74, 6) is 0.510. The lowest BCUT2D eigenvalue weighted by atomic mass is 9.97. The van der Waals surface area contributed by atoms with E-state index in [9.17, 15) is 13.2 Å². The third-order valence-corrected chi connectivity index (χ3v) is 9.19. The Labute approximate surface area is 181 Å². The fourth-order valence-corrected chi connectivity index (χ4v) is 7.06. The van der Waals surface area contributed by atoms with E-state index in [-0.39, 0.29) is 28.6 Å². The molecule has 2 aliphatic rings. The summed E-state index contributed by atoms with van der Waals surface area (Å²) in [7, 11) is -3.66. The second-order valence-electron chi connectivity index (χ2n) is 8.19. The summed E-state index contributed by atoms with van der Waals surface area (Å²) < 4.78 is 33.0. The van der Waals surface area contributed by atoms with Crippen LogP contribution in [0.3, 0.4) is 0 Å². The molecular weight excluding hydrogens is 424 g/mol. The summed E-state index contributed by atoms with van der Waals surface area (Å²) in [6, 6.07) is 1.81. The molecule has 0 aromatic carbocycles. The van der Waals surface area contributed by atoms with Crippen LogP contribution in [0.15, 0.2) is 20.2 Å². The van der Waals surface area contributed by atoms with Gasteiger partial charge in [0.15, 0.2) is 0 Å². The molecule has 1 atom stereocenters. The molecule has 0 bridgehead atoms. The van der Waals surface area contributed by atoms with Crippen LogP contribution in [0.1, 0.15) is 57.3 Å². The second kappa shape index (κ2) is 9.15. The minimum absolute atomic E-state index is 0.00376. The van der Waals surface area contributed by atoms with E-state index in [0.717, 1.165) is 43.4 Å². The van der Waals surface area contributed by atoms with Crippen LogP contribution in [0.5, 0.6) is 0 Å². The number of nitrogens with zero attached hydrogens (tertiary/aromatic N) is 3. The lowest BCUT2D eigenvalue weighted by Gasteiger charge is -2.31. The molecule has 3 heterocycles. The lowest BCUT2D eigenvalue weighted by molar-refractivity contribution is -0.126. The van der Waals surface area contributed by atoms with Crippen LogP contribution >= 0.6 is 11.3 Å². The Balaban J connectivity index is 1.43. The van der Waals surface area contributed by atoms with E-state index in [1.807, 2.05) is 0 Å². The van der Waals surface area contributed by atoms with Gasteiger partial charge in [-0.2, -0.15) is 9.29 Å². The van der Waals surface area contributed by atoms with Gasteiger partial charge in [0, 0.05) is 37.0 Å². The summed E-state index contributed by atoms with van der Waals surface area (Å²) in [6.07, 6.45) is 8.21. The Kier molecular flexibility index (Phi) is 6.54. The zero-order chi connectivity index (χ0) is 21.1. The minimum atomic E-state index is -3.66. The molecule has 10 heteroatoms. The van der Waals surface area contributed by atoms with Crippen LogP contribution in [0.2, 0.25) is 0 Å². The first kappa shape index (κ1) is 21.5. The van der Waals surface area contributed by atoms with Crippen LogP contribution in [0, 0.1) is 12.8 Å². The molecule has 8 nitrogen and oxygen atoms in total. The number of thiophene rings is 1. The average molecular weight is 453 g/mol. The fraction of sp³-hybridized carbons (Fsp3) is 0.650. The highest BCUT2D eigenvalue weighted by Crippen LogP contribution is 2.31. The van der Waals surface area contributed by atoms with Crippen molar-refractivity contribution in [2.75, 3.05) is 13.1 Å². The maximum atomic E-state index is 13.2. The Morgan fingerprint density at radius 3 is 2.67 bits per heavy atom. The van der Waals surface area contributed by atoms with Crippen molar-refractivity contribution in [1.82, 2.24) is 19.8 Å². The highest BCUT2D eigenvalue weighted by atomic mass is 32.2. The number of hydrogen-bond donors (Lipinski definition) is 1. The van der Waals surface area contributed by atoms with Gasteiger partial charge in [-0.05, 0) is 31.7 Å². The monoisotopic (exact) mass is 452 g/mol. The number of aromatic nitrogens is 2. The summed E-state index contributed by atoms with van der Waals surface area (Å²) in [4.78, 5) is 17.0. The quantitative estimate of drug-likeness (QED) is 0.698. The molecule has 0 radical (unpaired) electrons. The molecule has 1 aliphatic heterocycles. The van der Waals surface area contributed by atoms with Crippen LogP contribution in [0.4, 0.5) is 0 Å². The van der Waals surface area contributed by atoms with E-state index in [2.05, 4.69) is 15.5 Å². The first-order valence-corrected chi connectivity index (χ1v) is 13.0. The number of carbonyl (C=O) groups is 1. The Morgan fingerprint density at radius 2 is 1.97 bits per heavy atom. The predicted octanol–water partition coefficient (Wildman–Crippen LogP) is 3.35. The van der Waals surface area contributed by atoms with Gasteiger partial charge in [-0.1, -0.05) is 30.8 Å². The second-order valence-corrected chi connectivity index (χ2v) is 11.3. The van der Waals surface area contributed by atoms with Crippen LogP contribution in [0.25, 0.3) is 11.4 Å². The normalized spacial score (nSPS) is 22.0. The predicted molar refractivity (Wildman–Crippen MR) is 113 cm³/mol. The first-order chi connectivity index (χ1) is 14.4. The molecule has 2 fully saturated rings. The van der Waals surface area contributed by atoms with Crippen LogP contribution in [-0.2, 0) is 14.8 Å². The SMILES string of the molecule is Cc1nc(-c2csc(S(=O)(=O)N3CCCC(C(=O)NC4CCCCCC4)C3)c2)no1. The molecule has 1 N–H and O–H groups in total. The molecule has 1 unspecified atom stereocenters. The van der Waals surface area contributed by atoms with Crippen molar-refractivity contribution < 1.29 is 17.7 Å². The zero-order valence-corrected chi connectivity index (χ0v) is 18.8. The van der Waals surface area contributed by atoms with Crippen molar-refractivity contribution in [3.63, 3.8) is 0 Å². The van der Waals surface area contributed by atoms with Gasteiger partial charge in [0.05, 0.1) is 5.92 Å². The molecule has 2 aromatic rings. The summed E-state index contributed by atoms with van der Waals surface area (Å²) in [5, 5.41) is 8.75. The van der Waals surface area contributed by atoms with Gasteiger partial charge in [-0.15, -0.1) is 11.3 Å². The molecule has 164 valence electrons. The molecule has 0 spiro atoms. The first-order valence-electron chi connectivity index (χ1n) is 10.6. The van der Waals surface area contributed by atoms with E-state index in [0.29, 0.717) is 30.2 Å². The average Bonchev–Trinajstić information content (AvgIpc) is 3.33. The zero-order valence-electron chi connectivity index (χ0n) is 17.2. The van der Waals surface area contributed by atoms with Gasteiger partial charge in [-0.3, -0.25) is 4.79 Å². The van der Waals surface area contributed by atoms with Gasteiger partial charge < -0.3 is 9.84 Å². The molecule has 4 rings (SSSR count). The molecule has 1 saturated heterocycles. The number of amides is 1. The van der Waals surface area contributed by atoms with Crippen molar-refractivity contribution in [1.29, 1.82) is 0 Å². The minimum Gasteiger partial charge on any atom is -0.353 e. The molecule has 1 amide bonds. The number of rotatable bonds is 5. The Bertz CT molecular complexity index is 977. The fourth-order valence-electron chi connectivity index (χ4n) is 4.23. The van der Waals surface area contributed by atoms with Crippen LogP contribution < -0.4 is 5.32 Å². The summed E-state index contributed by atoms with van der Waals surface area (Å²) in [6.45, 7) is 2.36. The third-order valence-electron chi connectivity index (χ3n) is 5.91. The Morgan fingerprint density at radius 1 is 1.20 bits per heavy atom. The van der Waals surface area contributed by atoms with E-state index < -0.39 is 10.0 Å². The maximum Gasteiger partial charge on any atom is 0.252 e. The highest BCUT2D eigenvalue weighted by molar-refractivity contribution is 7.91. The van der Waals surface area contributed by atoms with Gasteiger partial charge in [0.25, 0.3) is 10.0 Å². The number of carbonyl (C=O) groups excluding carboxylic acids is 1. The number of piperidine rings is 1. The van der Waals surface area contributed by atoms with E-state index in [1.54, 1.807) is 18.4 Å². The number of sulfonamides is 1. The van der Waals surface area contributed by atoms with E-state index in [4.69, 9.17) is 4.52 Å². The molecule has 1 saturated carbocycles. The largest absolute Gasteiger partial charge is 0.353 e. The topological polar surface area (TPSA) is 105 Å². The summed E-state index contributed by atoms with van der Waals surface area (Å²) in [5.41, 5.74) is 0.620. The number of nitrogens with one attached hydrogen (secondary N) is 1. The van der Waals surface area contributed by atoms with Gasteiger partial charge in [-0.25, -0.2) is 8.42 Å². The van der Waals surface area contributed by atoms with Crippen molar-refractivity contribution in [3.05, 3.63) is 17.3 Å². The van der Waals surface area contributed by atoms with E-state index >= 15 is 0 Å². The summed E-state index contributed by atoms with van der Waals surface area (Å²) >= 11 is 1.14. The van der Waals surface area contributed by atoms with Gasteiger partial charge in [0.2, 0.25) is 17.6 Å². The molecule has 1 aliphatic carbocycles. The van der Waals surface area contributed by atoms with Crippen molar-refractivity contribution >= 4 is 27.3 Å². The number of aryl methyl sites for hydroxylation is 1. The van der Waals surface area contributed by atoms with Gasteiger partial charge >= 0.3 is 0 Å². The lowest BCUT2D eigenvalue weighted by Crippen LogP contribution is -2.47. The molecule has 2 aromatic heterocycles. The smallest absolute Gasteiger partial charge is 0.252 e. The van der Waals surface area contributed by atoms with Gasteiger partial charge in [0.1, 0.15) is 4.21 Å². The maximum absolute atomic E-state index is 13.2. The molecule has 30 heavy (non-hydrogen) atoms. The third kappa shape index (κ3) is 4.76. The number of hydrogen-bond acceptors (Lipinski definition) is 7.